The first-order valence-electron chi connectivity index (χ1n) is 9.91. The van der Waals surface area contributed by atoms with Crippen molar-refractivity contribution < 1.29 is 19.1 Å². The van der Waals surface area contributed by atoms with Crippen molar-refractivity contribution >= 4 is 35.3 Å². The van der Waals surface area contributed by atoms with Crippen molar-refractivity contribution in [3.8, 4) is 5.75 Å². The largest absolute Gasteiger partial charge is 0.497 e. The summed E-state index contributed by atoms with van der Waals surface area (Å²) in [5, 5.41) is 2.86. The van der Waals surface area contributed by atoms with Crippen LogP contribution in [0.3, 0.4) is 0 Å². The van der Waals surface area contributed by atoms with Crippen LogP contribution in [0.25, 0.3) is 6.08 Å². The van der Waals surface area contributed by atoms with Crippen molar-refractivity contribution in [3.63, 3.8) is 0 Å². The summed E-state index contributed by atoms with van der Waals surface area (Å²) in [4.78, 5) is 28.7. The molecular weight excluding hydrogens is 400 g/mol. The number of carbonyl (C=O) groups excluding carboxylic acids is 2. The molecule has 1 aliphatic rings. The highest BCUT2D eigenvalue weighted by Gasteiger charge is 2.30. The Morgan fingerprint density at radius 3 is 2.67 bits per heavy atom. The lowest BCUT2D eigenvalue weighted by molar-refractivity contribution is -0.122. The standard InChI is InChI=1S/C23H26N2O4S/c1-3-29-14-6-13-24-22(26)16-25-19-7-4-5-8-20(19)30-21(23(25)27)15-17-9-11-18(28-2)12-10-17/h4-5,7-12,15H,3,6,13-14,16H2,1-2H3,(H,24,26). The number of carbonyl (C=O) groups is 2. The van der Waals surface area contributed by atoms with Crippen molar-refractivity contribution in [1.29, 1.82) is 0 Å². The van der Waals surface area contributed by atoms with Crippen molar-refractivity contribution in [2.24, 2.45) is 0 Å². The molecule has 0 fully saturated rings. The number of thioether (sulfide) groups is 1. The van der Waals surface area contributed by atoms with Crippen molar-refractivity contribution in [2.75, 3.05) is 38.3 Å². The number of para-hydroxylation sites is 1. The van der Waals surface area contributed by atoms with Crippen molar-refractivity contribution in [1.82, 2.24) is 5.32 Å². The van der Waals surface area contributed by atoms with Crippen LogP contribution in [0.5, 0.6) is 5.75 Å². The molecule has 0 aromatic heterocycles. The highest BCUT2D eigenvalue weighted by Crippen LogP contribution is 2.41. The lowest BCUT2D eigenvalue weighted by atomic mass is 10.2. The molecule has 0 spiro atoms. The molecule has 0 bridgehead atoms. The summed E-state index contributed by atoms with van der Waals surface area (Å²) in [7, 11) is 1.62. The van der Waals surface area contributed by atoms with Crippen LogP contribution < -0.4 is 15.0 Å². The predicted molar refractivity (Wildman–Crippen MR) is 120 cm³/mol. The summed E-state index contributed by atoms with van der Waals surface area (Å²) in [6.45, 7) is 3.70. The monoisotopic (exact) mass is 426 g/mol. The van der Waals surface area contributed by atoms with Crippen LogP contribution in [0.15, 0.2) is 58.3 Å². The lowest BCUT2D eigenvalue weighted by Gasteiger charge is -2.29. The molecule has 2 amide bonds. The van der Waals surface area contributed by atoms with Gasteiger partial charge in [-0.15, -0.1) is 0 Å². The average Bonchev–Trinajstić information content (AvgIpc) is 2.77. The van der Waals surface area contributed by atoms with E-state index in [9.17, 15) is 9.59 Å². The van der Waals surface area contributed by atoms with Crippen LogP contribution in [-0.4, -0.2) is 45.2 Å². The average molecular weight is 427 g/mol. The number of benzene rings is 2. The molecule has 0 saturated carbocycles. The smallest absolute Gasteiger partial charge is 0.265 e. The van der Waals surface area contributed by atoms with E-state index in [1.165, 1.54) is 11.8 Å². The molecule has 2 aromatic rings. The van der Waals surface area contributed by atoms with Gasteiger partial charge in [-0.05, 0) is 49.2 Å². The number of rotatable bonds is 9. The lowest BCUT2D eigenvalue weighted by Crippen LogP contribution is -2.43. The Bertz CT molecular complexity index is 912. The van der Waals surface area contributed by atoms with E-state index in [0.29, 0.717) is 24.7 Å². The van der Waals surface area contributed by atoms with Crippen LogP contribution >= 0.6 is 11.8 Å². The molecule has 1 aliphatic heterocycles. The minimum atomic E-state index is -0.189. The van der Waals surface area contributed by atoms with E-state index in [4.69, 9.17) is 9.47 Å². The molecule has 158 valence electrons. The van der Waals surface area contributed by atoms with E-state index in [0.717, 1.165) is 28.3 Å². The van der Waals surface area contributed by atoms with E-state index in [-0.39, 0.29) is 18.4 Å². The Morgan fingerprint density at radius 1 is 1.17 bits per heavy atom. The van der Waals surface area contributed by atoms with E-state index in [1.807, 2.05) is 61.5 Å². The normalized spacial score (nSPS) is 14.5. The zero-order chi connectivity index (χ0) is 21.3. The predicted octanol–water partition coefficient (Wildman–Crippen LogP) is 3.72. The summed E-state index contributed by atoms with van der Waals surface area (Å²) in [5.74, 6) is 0.386. The molecule has 30 heavy (non-hydrogen) atoms. The molecule has 0 unspecified atom stereocenters. The molecule has 6 nitrogen and oxygen atoms in total. The molecule has 1 heterocycles. The van der Waals surface area contributed by atoms with Gasteiger partial charge in [0.2, 0.25) is 5.91 Å². The van der Waals surface area contributed by atoms with Crippen LogP contribution in [0.2, 0.25) is 0 Å². The molecule has 0 aliphatic carbocycles. The number of ether oxygens (including phenoxy) is 2. The van der Waals surface area contributed by atoms with Crippen LogP contribution in [0.4, 0.5) is 5.69 Å². The highest BCUT2D eigenvalue weighted by atomic mass is 32.2. The van der Waals surface area contributed by atoms with Gasteiger partial charge >= 0.3 is 0 Å². The zero-order valence-corrected chi connectivity index (χ0v) is 18.0. The SMILES string of the molecule is CCOCCCNC(=O)CN1C(=O)C(=Cc2ccc(OC)cc2)Sc2ccccc21. The maximum atomic E-state index is 13.2. The number of methoxy groups -OCH3 is 1. The van der Waals surface area contributed by atoms with Gasteiger partial charge in [-0.25, -0.2) is 0 Å². The minimum Gasteiger partial charge on any atom is -0.497 e. The first-order valence-corrected chi connectivity index (χ1v) is 10.7. The number of fused-ring (bicyclic) bond motifs is 1. The number of nitrogens with one attached hydrogen (secondary N) is 1. The Labute approximate surface area is 181 Å². The first-order chi connectivity index (χ1) is 14.6. The molecule has 3 rings (SSSR count). The van der Waals surface area contributed by atoms with Gasteiger partial charge in [0.05, 0.1) is 17.7 Å². The second kappa shape index (κ2) is 10.8. The Balaban J connectivity index is 1.75. The summed E-state index contributed by atoms with van der Waals surface area (Å²) < 4.78 is 10.5. The van der Waals surface area contributed by atoms with Crippen molar-refractivity contribution in [2.45, 2.75) is 18.2 Å². The molecular formula is C23H26N2O4S. The third kappa shape index (κ3) is 5.64. The van der Waals surface area contributed by atoms with Gasteiger partial charge in [-0.3, -0.25) is 14.5 Å². The van der Waals surface area contributed by atoms with Crippen molar-refractivity contribution in [3.05, 3.63) is 59.0 Å². The highest BCUT2D eigenvalue weighted by molar-refractivity contribution is 8.04. The Hall–Kier alpha value is -2.77. The molecule has 0 saturated heterocycles. The fourth-order valence-electron chi connectivity index (χ4n) is 3.02. The molecule has 1 N–H and O–H groups in total. The third-order valence-electron chi connectivity index (χ3n) is 4.54. The minimum absolute atomic E-state index is 0.0228. The zero-order valence-electron chi connectivity index (χ0n) is 17.2. The maximum Gasteiger partial charge on any atom is 0.265 e. The number of hydrogen-bond acceptors (Lipinski definition) is 5. The summed E-state index contributed by atoms with van der Waals surface area (Å²) in [6.07, 6.45) is 2.58. The maximum absolute atomic E-state index is 13.2. The van der Waals surface area contributed by atoms with Crippen LogP contribution in [-0.2, 0) is 14.3 Å². The summed E-state index contributed by atoms with van der Waals surface area (Å²) in [6, 6.07) is 15.1. The Kier molecular flexibility index (Phi) is 7.93. The fourth-order valence-corrected chi connectivity index (χ4v) is 4.08. The quantitative estimate of drug-likeness (QED) is 0.489. The number of nitrogens with zero attached hydrogens (tertiary/aromatic N) is 1. The van der Waals surface area contributed by atoms with Gasteiger partial charge in [0.25, 0.3) is 5.91 Å². The molecule has 7 heteroatoms. The summed E-state index contributed by atoms with van der Waals surface area (Å²) in [5.41, 5.74) is 1.65. The van der Waals surface area contributed by atoms with E-state index < -0.39 is 0 Å². The topological polar surface area (TPSA) is 67.9 Å². The molecule has 0 atom stereocenters. The van der Waals surface area contributed by atoms with Crippen LogP contribution in [0.1, 0.15) is 18.9 Å². The van der Waals surface area contributed by atoms with Gasteiger partial charge in [-0.2, -0.15) is 0 Å². The number of amides is 2. The van der Waals surface area contributed by atoms with Crippen LogP contribution in [0, 0.1) is 0 Å². The van der Waals surface area contributed by atoms with E-state index in [2.05, 4.69) is 5.32 Å². The summed E-state index contributed by atoms with van der Waals surface area (Å²) >= 11 is 1.42. The van der Waals surface area contributed by atoms with Gasteiger partial charge < -0.3 is 14.8 Å². The van der Waals surface area contributed by atoms with E-state index >= 15 is 0 Å². The Morgan fingerprint density at radius 2 is 1.93 bits per heavy atom. The second-order valence-corrected chi connectivity index (χ2v) is 7.73. The van der Waals surface area contributed by atoms with Gasteiger partial charge in [0.15, 0.2) is 0 Å². The molecule has 0 radical (unpaired) electrons. The van der Waals surface area contributed by atoms with E-state index in [1.54, 1.807) is 12.0 Å². The van der Waals surface area contributed by atoms with Gasteiger partial charge in [-0.1, -0.05) is 36.0 Å². The van der Waals surface area contributed by atoms with Gasteiger partial charge in [0.1, 0.15) is 12.3 Å². The fraction of sp³-hybridized carbons (Fsp3) is 0.304. The number of anilines is 1. The third-order valence-corrected chi connectivity index (χ3v) is 5.62. The first kappa shape index (κ1) is 21.9. The molecule has 2 aromatic carbocycles. The van der Waals surface area contributed by atoms with Gasteiger partial charge in [0, 0.05) is 24.7 Å². The second-order valence-electron chi connectivity index (χ2n) is 6.64. The number of hydrogen-bond donors (Lipinski definition) is 1.